The maximum atomic E-state index is 11.0. The molecule has 0 radical (unpaired) electrons. The first kappa shape index (κ1) is 12.6. The van der Waals surface area contributed by atoms with Crippen molar-refractivity contribution in [3.8, 4) is 0 Å². The average molecular weight is 191 g/mol. The van der Waals surface area contributed by atoms with Crippen LogP contribution < -0.4 is 0 Å². The van der Waals surface area contributed by atoms with Gasteiger partial charge in [0.05, 0.1) is 0 Å². The van der Waals surface area contributed by atoms with Gasteiger partial charge >= 0.3 is 0 Å². The number of hydrogen-bond donors (Lipinski definition) is 1. The molecule has 2 nitrogen and oxygen atoms in total. The quantitative estimate of drug-likeness (QED) is 0.669. The summed E-state index contributed by atoms with van der Waals surface area (Å²) in [6, 6.07) is 0. The van der Waals surface area contributed by atoms with E-state index >= 15 is 0 Å². The van der Waals surface area contributed by atoms with E-state index in [1.807, 2.05) is 12.2 Å². The molecule has 1 aliphatic rings. The molecule has 0 saturated carbocycles. The molecule has 1 N–H and O–H groups in total. The van der Waals surface area contributed by atoms with E-state index in [1.165, 1.54) is 5.57 Å². The summed E-state index contributed by atoms with van der Waals surface area (Å²) in [6.07, 6.45) is 9.95. The molecule has 0 aromatic rings. The summed E-state index contributed by atoms with van der Waals surface area (Å²) < 4.78 is 0. The van der Waals surface area contributed by atoms with Crippen molar-refractivity contribution >= 4 is 12.5 Å². The van der Waals surface area contributed by atoms with Crippen molar-refractivity contribution in [3.05, 3.63) is 35.5 Å². The third-order valence-corrected chi connectivity index (χ3v) is 2.04. The van der Waals surface area contributed by atoms with Crippen LogP contribution in [0.25, 0.3) is 0 Å². The Hall–Kier alpha value is -1.44. The first-order chi connectivity index (χ1) is 6.74. The van der Waals surface area contributed by atoms with Gasteiger partial charge in [-0.2, -0.15) is 0 Å². The van der Waals surface area contributed by atoms with Gasteiger partial charge in [0.2, 0.25) is 0 Å². The van der Waals surface area contributed by atoms with E-state index < -0.39 is 0 Å². The fraction of sp³-hybridized carbons (Fsp3) is 0.333. The Morgan fingerprint density at radius 2 is 2.14 bits per heavy atom. The van der Waals surface area contributed by atoms with Crippen LogP contribution in [0.15, 0.2) is 35.5 Å². The number of carbonyl (C=O) groups is 1. The molecule has 1 aliphatic carbocycles. The zero-order chi connectivity index (χ0) is 11.0. The van der Waals surface area contributed by atoms with E-state index in [2.05, 4.69) is 25.8 Å². The number of carbonyl (C=O) groups excluding carboxylic acids is 1. The average Bonchev–Trinajstić information content (AvgIpc) is 2.45. The lowest BCUT2D eigenvalue weighted by molar-refractivity contribution is -0.113. The fourth-order valence-electron chi connectivity index (χ4n) is 1.17. The van der Waals surface area contributed by atoms with Gasteiger partial charge in [0.15, 0.2) is 5.78 Å². The Morgan fingerprint density at radius 1 is 1.50 bits per heavy atom. The summed E-state index contributed by atoms with van der Waals surface area (Å²) in [5.41, 5.74) is 2.18. The van der Waals surface area contributed by atoms with Crippen LogP contribution in [-0.2, 0) is 4.79 Å². The molecule has 1 rings (SSSR count). The highest BCUT2D eigenvalue weighted by atomic mass is 16.1. The molecule has 0 spiro atoms. The molecule has 0 unspecified atom stereocenters. The van der Waals surface area contributed by atoms with Crippen LogP contribution in [0.3, 0.4) is 0 Å². The van der Waals surface area contributed by atoms with Gasteiger partial charge in [-0.05, 0) is 26.5 Å². The molecule has 0 heterocycles. The second-order valence-corrected chi connectivity index (χ2v) is 2.96. The maximum Gasteiger partial charge on any atom is 0.159 e. The molecular weight excluding hydrogens is 174 g/mol. The van der Waals surface area contributed by atoms with Gasteiger partial charge in [-0.15, -0.1) is 0 Å². The van der Waals surface area contributed by atoms with E-state index in [-0.39, 0.29) is 5.78 Å². The Balaban J connectivity index is 0.000000791. The molecule has 0 bridgehead atoms. The van der Waals surface area contributed by atoms with Crippen molar-refractivity contribution in [2.75, 3.05) is 0 Å². The Morgan fingerprint density at radius 3 is 2.64 bits per heavy atom. The number of Topliss-reactive ketones (excluding diaryl/α,β-unsaturated/α-hetero) is 1. The lowest BCUT2D eigenvalue weighted by Gasteiger charge is -1.94. The summed E-state index contributed by atoms with van der Waals surface area (Å²) in [5, 5.41) is 5.50. The van der Waals surface area contributed by atoms with Crippen LogP contribution in [0.4, 0.5) is 0 Å². The van der Waals surface area contributed by atoms with Crippen LogP contribution in [0.2, 0.25) is 0 Å². The van der Waals surface area contributed by atoms with Gasteiger partial charge in [0.1, 0.15) is 0 Å². The number of rotatable bonds is 2. The van der Waals surface area contributed by atoms with E-state index in [9.17, 15) is 4.79 Å². The first-order valence-corrected chi connectivity index (χ1v) is 4.66. The SMILES string of the molecule is C=N.CCC1=CC=C(C(C)=O)C=CC1. The Labute approximate surface area is 85.5 Å². The first-order valence-electron chi connectivity index (χ1n) is 4.66. The summed E-state index contributed by atoms with van der Waals surface area (Å²) in [7, 11) is 0. The third-order valence-electron chi connectivity index (χ3n) is 2.04. The van der Waals surface area contributed by atoms with Gasteiger partial charge in [-0.25, -0.2) is 0 Å². The van der Waals surface area contributed by atoms with Crippen molar-refractivity contribution in [3.63, 3.8) is 0 Å². The van der Waals surface area contributed by atoms with E-state index in [0.717, 1.165) is 18.4 Å². The molecule has 2 heteroatoms. The lowest BCUT2D eigenvalue weighted by atomic mass is 10.1. The molecule has 14 heavy (non-hydrogen) atoms. The maximum absolute atomic E-state index is 11.0. The molecule has 0 aliphatic heterocycles. The van der Waals surface area contributed by atoms with E-state index in [1.54, 1.807) is 6.92 Å². The van der Waals surface area contributed by atoms with Crippen molar-refractivity contribution in [2.45, 2.75) is 26.7 Å². The largest absolute Gasteiger partial charge is 0.317 e. The van der Waals surface area contributed by atoms with Gasteiger partial charge in [0, 0.05) is 5.57 Å². The highest BCUT2D eigenvalue weighted by Crippen LogP contribution is 2.14. The minimum absolute atomic E-state index is 0.139. The normalized spacial score (nSPS) is 14.4. The molecule has 0 amide bonds. The fourth-order valence-corrected chi connectivity index (χ4v) is 1.17. The van der Waals surface area contributed by atoms with Crippen molar-refractivity contribution in [2.24, 2.45) is 0 Å². The van der Waals surface area contributed by atoms with E-state index in [0.29, 0.717) is 0 Å². The zero-order valence-corrected chi connectivity index (χ0v) is 8.84. The molecule has 0 saturated heterocycles. The number of ketones is 1. The Kier molecular flexibility index (Phi) is 6.29. The van der Waals surface area contributed by atoms with E-state index in [4.69, 9.17) is 5.41 Å². The van der Waals surface area contributed by atoms with Gasteiger partial charge in [-0.1, -0.05) is 36.8 Å². The molecule has 0 fully saturated rings. The minimum atomic E-state index is 0.139. The molecule has 0 aromatic carbocycles. The highest BCUT2D eigenvalue weighted by molar-refractivity contribution is 5.96. The minimum Gasteiger partial charge on any atom is -0.317 e. The monoisotopic (exact) mass is 191 g/mol. The lowest BCUT2D eigenvalue weighted by Crippen LogP contribution is -1.91. The number of hydrogen-bond acceptors (Lipinski definition) is 2. The molecule has 0 atom stereocenters. The summed E-state index contributed by atoms with van der Waals surface area (Å²) in [6.45, 7) is 6.23. The molecule has 76 valence electrons. The summed E-state index contributed by atoms with van der Waals surface area (Å²) >= 11 is 0. The number of allylic oxidation sites excluding steroid dienone is 6. The Bertz CT molecular complexity index is 285. The highest BCUT2D eigenvalue weighted by Gasteiger charge is 2.01. The van der Waals surface area contributed by atoms with Gasteiger partial charge < -0.3 is 5.41 Å². The second kappa shape index (κ2) is 7.01. The number of nitrogens with one attached hydrogen (secondary N) is 1. The summed E-state index contributed by atoms with van der Waals surface area (Å²) in [4.78, 5) is 11.0. The van der Waals surface area contributed by atoms with Crippen molar-refractivity contribution < 1.29 is 4.79 Å². The smallest absolute Gasteiger partial charge is 0.159 e. The third kappa shape index (κ3) is 3.99. The topological polar surface area (TPSA) is 40.9 Å². The van der Waals surface area contributed by atoms with Crippen LogP contribution in [0, 0.1) is 5.41 Å². The predicted octanol–water partition coefficient (Wildman–Crippen LogP) is 3.06. The standard InChI is InChI=1S/C11H14O.CH3N/c1-3-10-5-4-6-11(8-7-10)9(2)12;1-2/h4,6-8H,3,5H2,1-2H3;2H,1H2. The molecule has 0 aromatic heterocycles. The van der Waals surface area contributed by atoms with Gasteiger partial charge in [-0.3, -0.25) is 4.79 Å². The molecular formula is C12H17NO. The van der Waals surface area contributed by atoms with Crippen molar-refractivity contribution in [1.29, 1.82) is 5.41 Å². The predicted molar refractivity (Wildman–Crippen MR) is 60.7 cm³/mol. The second-order valence-electron chi connectivity index (χ2n) is 2.96. The van der Waals surface area contributed by atoms with Crippen LogP contribution in [0.5, 0.6) is 0 Å². The van der Waals surface area contributed by atoms with Crippen LogP contribution >= 0.6 is 0 Å². The van der Waals surface area contributed by atoms with Crippen molar-refractivity contribution in [1.82, 2.24) is 0 Å². The zero-order valence-electron chi connectivity index (χ0n) is 8.84. The van der Waals surface area contributed by atoms with Gasteiger partial charge in [0.25, 0.3) is 0 Å². The van der Waals surface area contributed by atoms with Crippen LogP contribution in [0.1, 0.15) is 26.7 Å². The summed E-state index contributed by atoms with van der Waals surface area (Å²) in [5.74, 6) is 0.139. The van der Waals surface area contributed by atoms with Crippen LogP contribution in [-0.4, -0.2) is 12.5 Å².